The van der Waals surface area contributed by atoms with Crippen LogP contribution in [0.15, 0.2) is 18.2 Å². The maximum Gasteiger partial charge on any atom is 0.123 e. The Bertz CT molecular complexity index is 313. The van der Waals surface area contributed by atoms with Crippen LogP contribution in [0.1, 0.15) is 24.0 Å². The van der Waals surface area contributed by atoms with Crippen LogP contribution in [0.5, 0.6) is 5.75 Å². The minimum absolute atomic E-state index is 0.756. The molecule has 0 unspecified atom stereocenters. The zero-order chi connectivity index (χ0) is 11.8. The second-order valence-corrected chi connectivity index (χ2v) is 4.35. The summed E-state index contributed by atoms with van der Waals surface area (Å²) in [5, 5.41) is 0.835. The van der Waals surface area contributed by atoms with Gasteiger partial charge in [-0.15, -0.1) is 0 Å². The maximum atomic E-state index is 5.74. The highest BCUT2D eigenvalue weighted by Crippen LogP contribution is 2.22. The third-order valence-corrected chi connectivity index (χ3v) is 2.96. The van der Waals surface area contributed by atoms with Crippen LogP contribution < -0.4 is 4.74 Å². The van der Waals surface area contributed by atoms with Gasteiger partial charge in [-0.25, -0.2) is 0 Å². The predicted molar refractivity (Wildman–Crippen MR) is 70.4 cm³/mol. The Morgan fingerprint density at radius 2 is 1.94 bits per heavy atom. The summed E-state index contributed by atoms with van der Waals surface area (Å²) in [6, 6.07) is 6.28. The lowest BCUT2D eigenvalue weighted by atomic mass is 10.1. The summed E-state index contributed by atoms with van der Waals surface area (Å²) < 4.78 is 10.7. The van der Waals surface area contributed by atoms with E-state index in [9.17, 15) is 0 Å². The average molecular weight is 287 g/mol. The molecule has 0 aliphatic rings. The molecule has 0 aromatic heterocycles. The number of aryl methyl sites for hydroxylation is 1. The molecule has 0 spiro atoms. The van der Waals surface area contributed by atoms with E-state index in [4.69, 9.17) is 9.47 Å². The lowest BCUT2D eigenvalue weighted by molar-refractivity contribution is 0.184. The van der Waals surface area contributed by atoms with Gasteiger partial charge in [0.25, 0.3) is 0 Å². The molecule has 1 aromatic carbocycles. The minimum atomic E-state index is 0.756. The molecule has 0 bridgehead atoms. The zero-order valence-electron chi connectivity index (χ0n) is 9.96. The molecule has 0 saturated carbocycles. The maximum absolute atomic E-state index is 5.74. The predicted octanol–water partition coefficient (Wildman–Crippen LogP) is 3.70. The quantitative estimate of drug-likeness (QED) is 0.562. The van der Waals surface area contributed by atoms with Crippen LogP contribution in [-0.2, 0) is 10.1 Å². The van der Waals surface area contributed by atoms with Gasteiger partial charge in [0.1, 0.15) is 5.75 Å². The lowest BCUT2D eigenvalue weighted by Gasteiger charge is -2.10. The summed E-state index contributed by atoms with van der Waals surface area (Å²) in [4.78, 5) is 0. The molecule has 0 saturated heterocycles. The molecule has 0 atom stereocenters. The van der Waals surface area contributed by atoms with Crippen LogP contribution >= 0.6 is 15.9 Å². The molecule has 3 heteroatoms. The van der Waals surface area contributed by atoms with Crippen molar-refractivity contribution in [2.24, 2.45) is 0 Å². The summed E-state index contributed by atoms with van der Waals surface area (Å²) in [5.74, 6) is 0.986. The second kappa shape index (κ2) is 7.69. The van der Waals surface area contributed by atoms with Crippen LogP contribution in [0.4, 0.5) is 0 Å². The first-order valence-corrected chi connectivity index (χ1v) is 6.67. The van der Waals surface area contributed by atoms with Gasteiger partial charge in [-0.05, 0) is 25.8 Å². The Labute approximate surface area is 106 Å². The van der Waals surface area contributed by atoms with Crippen LogP contribution in [0, 0.1) is 6.92 Å². The molecule has 0 fully saturated rings. The fourth-order valence-corrected chi connectivity index (χ4v) is 1.92. The molecule has 0 heterocycles. The topological polar surface area (TPSA) is 18.5 Å². The summed E-state index contributed by atoms with van der Waals surface area (Å²) in [6.07, 6.45) is 2.08. The van der Waals surface area contributed by atoms with Gasteiger partial charge in [-0.1, -0.05) is 33.6 Å². The Kier molecular flexibility index (Phi) is 6.50. The van der Waals surface area contributed by atoms with Crippen LogP contribution in [0.25, 0.3) is 0 Å². The number of alkyl halides is 1. The van der Waals surface area contributed by atoms with Gasteiger partial charge in [0.2, 0.25) is 0 Å². The fourth-order valence-electron chi connectivity index (χ4n) is 1.48. The highest BCUT2D eigenvalue weighted by Gasteiger charge is 2.02. The molecule has 0 aliphatic heterocycles. The monoisotopic (exact) mass is 286 g/mol. The molecule has 16 heavy (non-hydrogen) atoms. The normalized spacial score (nSPS) is 10.4. The van der Waals surface area contributed by atoms with Gasteiger partial charge in [0.15, 0.2) is 0 Å². The smallest absolute Gasteiger partial charge is 0.123 e. The van der Waals surface area contributed by atoms with Crippen molar-refractivity contribution in [3.8, 4) is 5.75 Å². The lowest BCUT2D eigenvalue weighted by Crippen LogP contribution is -2.01. The third-order valence-electron chi connectivity index (χ3n) is 2.36. The first-order valence-electron chi connectivity index (χ1n) is 5.55. The number of unbranched alkanes of at least 4 members (excludes halogenated alkanes) is 1. The van der Waals surface area contributed by atoms with Gasteiger partial charge in [0.05, 0.1) is 6.61 Å². The Morgan fingerprint density at radius 1 is 1.19 bits per heavy atom. The van der Waals surface area contributed by atoms with Gasteiger partial charge >= 0.3 is 0 Å². The largest absolute Gasteiger partial charge is 0.493 e. The number of methoxy groups -OCH3 is 1. The van der Waals surface area contributed by atoms with E-state index in [-0.39, 0.29) is 0 Å². The summed E-state index contributed by atoms with van der Waals surface area (Å²) in [7, 11) is 1.73. The highest BCUT2D eigenvalue weighted by atomic mass is 79.9. The summed E-state index contributed by atoms with van der Waals surface area (Å²) in [6.45, 7) is 3.66. The molecule has 0 radical (unpaired) electrons. The minimum Gasteiger partial charge on any atom is -0.493 e. The molecule has 1 rings (SSSR count). The fraction of sp³-hybridized carbons (Fsp3) is 0.538. The van der Waals surface area contributed by atoms with Crippen molar-refractivity contribution in [2.75, 3.05) is 20.3 Å². The highest BCUT2D eigenvalue weighted by molar-refractivity contribution is 9.08. The Hall–Kier alpha value is -0.540. The van der Waals surface area contributed by atoms with E-state index in [1.807, 2.05) is 6.07 Å². The Morgan fingerprint density at radius 3 is 2.62 bits per heavy atom. The molecule has 2 nitrogen and oxygen atoms in total. The van der Waals surface area contributed by atoms with Gasteiger partial charge in [-0.2, -0.15) is 0 Å². The van der Waals surface area contributed by atoms with Crippen molar-refractivity contribution in [3.05, 3.63) is 29.3 Å². The van der Waals surface area contributed by atoms with Crippen molar-refractivity contribution in [2.45, 2.75) is 25.1 Å². The number of benzene rings is 1. The van der Waals surface area contributed by atoms with Crippen LogP contribution in [0.2, 0.25) is 0 Å². The first kappa shape index (κ1) is 13.5. The van der Waals surface area contributed by atoms with Gasteiger partial charge in [-0.3, -0.25) is 0 Å². The number of halogens is 1. The second-order valence-electron chi connectivity index (χ2n) is 3.79. The average Bonchev–Trinajstić information content (AvgIpc) is 2.30. The van der Waals surface area contributed by atoms with E-state index >= 15 is 0 Å². The van der Waals surface area contributed by atoms with Crippen molar-refractivity contribution < 1.29 is 9.47 Å². The number of hydrogen-bond acceptors (Lipinski definition) is 2. The van der Waals surface area contributed by atoms with E-state index in [0.29, 0.717) is 0 Å². The van der Waals surface area contributed by atoms with E-state index in [1.165, 1.54) is 11.1 Å². The molecular formula is C13H19BrO2. The third kappa shape index (κ3) is 4.54. The molecule has 90 valence electrons. The number of rotatable bonds is 7. The van der Waals surface area contributed by atoms with Crippen molar-refractivity contribution in [1.82, 2.24) is 0 Å². The zero-order valence-corrected chi connectivity index (χ0v) is 11.5. The molecule has 1 aromatic rings. The van der Waals surface area contributed by atoms with Crippen molar-refractivity contribution in [1.29, 1.82) is 0 Å². The van der Waals surface area contributed by atoms with Gasteiger partial charge in [0, 0.05) is 24.6 Å². The number of ether oxygens (including phenoxy) is 2. The van der Waals surface area contributed by atoms with Crippen LogP contribution in [0.3, 0.4) is 0 Å². The molecular weight excluding hydrogens is 268 g/mol. The van der Waals surface area contributed by atoms with Crippen LogP contribution in [-0.4, -0.2) is 20.3 Å². The van der Waals surface area contributed by atoms with Crippen molar-refractivity contribution in [3.63, 3.8) is 0 Å². The Balaban J connectivity index is 2.41. The molecule has 0 amide bonds. The molecule has 0 aliphatic carbocycles. The molecule has 0 N–H and O–H groups in total. The van der Waals surface area contributed by atoms with E-state index in [2.05, 4.69) is 35.0 Å². The first-order chi connectivity index (χ1) is 7.77. The number of hydrogen-bond donors (Lipinski definition) is 0. The van der Waals surface area contributed by atoms with Gasteiger partial charge < -0.3 is 9.47 Å². The SMILES string of the molecule is COCCCCOc1ccc(C)cc1CBr. The summed E-state index contributed by atoms with van der Waals surface area (Å²) >= 11 is 3.48. The van der Waals surface area contributed by atoms with Crippen molar-refractivity contribution >= 4 is 15.9 Å². The standard InChI is InChI=1S/C13H19BrO2/c1-11-5-6-13(12(9-11)10-14)16-8-4-3-7-15-2/h5-6,9H,3-4,7-8,10H2,1-2H3. The summed E-state index contributed by atoms with van der Waals surface area (Å²) in [5.41, 5.74) is 2.48. The van der Waals surface area contributed by atoms with E-state index in [1.54, 1.807) is 7.11 Å². The van der Waals surface area contributed by atoms with E-state index in [0.717, 1.165) is 37.1 Å². The van der Waals surface area contributed by atoms with E-state index < -0.39 is 0 Å².